The summed E-state index contributed by atoms with van der Waals surface area (Å²) in [6.45, 7) is 9.17. The van der Waals surface area contributed by atoms with Gasteiger partial charge in [0, 0.05) is 0 Å². The third kappa shape index (κ3) is 0.850. The van der Waals surface area contributed by atoms with Crippen LogP contribution in [0.5, 0.6) is 0 Å². The first-order chi connectivity index (χ1) is 6.41. The van der Waals surface area contributed by atoms with E-state index >= 15 is 0 Å². The summed E-state index contributed by atoms with van der Waals surface area (Å²) in [5, 5.41) is 9.38. The Balaban J connectivity index is 1.74. The van der Waals surface area contributed by atoms with Crippen molar-refractivity contribution in [3.63, 3.8) is 0 Å². The predicted octanol–water partition coefficient (Wildman–Crippen LogP) is 2.61. The molecule has 0 aromatic rings. The summed E-state index contributed by atoms with van der Waals surface area (Å²) >= 11 is 0. The Bertz CT molecular complexity index is 318. The van der Waals surface area contributed by atoms with Crippen LogP contribution in [0.25, 0.3) is 0 Å². The van der Waals surface area contributed by atoms with Crippen LogP contribution in [0.3, 0.4) is 0 Å². The third-order valence-electron chi connectivity index (χ3n) is 5.04. The van der Waals surface area contributed by atoms with E-state index in [0.717, 1.165) is 5.92 Å². The first-order valence-electron chi connectivity index (χ1n) is 5.75. The van der Waals surface area contributed by atoms with Crippen molar-refractivity contribution in [2.45, 2.75) is 40.2 Å². The summed E-state index contributed by atoms with van der Waals surface area (Å²) in [5.74, 6) is 2.22. The molecular weight excluding hydrogens is 172 g/mol. The van der Waals surface area contributed by atoms with Crippen molar-refractivity contribution in [3.8, 4) is 0 Å². The largest absolute Gasteiger partial charge is 0.393 e. The molecule has 3 aliphatic rings. The number of hydrogen-bond donors (Lipinski definition) is 1. The van der Waals surface area contributed by atoms with Crippen molar-refractivity contribution < 1.29 is 5.11 Å². The van der Waals surface area contributed by atoms with Crippen molar-refractivity contribution >= 4 is 0 Å². The molecule has 0 bridgehead atoms. The highest BCUT2D eigenvalue weighted by Crippen LogP contribution is 2.84. The molecule has 0 radical (unpaired) electrons. The van der Waals surface area contributed by atoms with E-state index < -0.39 is 0 Å². The monoisotopic (exact) mass is 192 g/mol. The lowest BCUT2D eigenvalue weighted by atomic mass is 9.85. The zero-order chi connectivity index (χ0) is 10.3. The molecule has 0 amide bonds. The van der Waals surface area contributed by atoms with Gasteiger partial charge in [-0.25, -0.2) is 0 Å². The molecule has 1 heteroatoms. The topological polar surface area (TPSA) is 20.2 Å². The first-order valence-corrected chi connectivity index (χ1v) is 5.75. The molecule has 0 saturated heterocycles. The maximum absolute atomic E-state index is 9.38. The molecule has 78 valence electrons. The van der Waals surface area contributed by atoms with Gasteiger partial charge in [-0.05, 0) is 48.9 Å². The Morgan fingerprint density at radius 1 is 1.29 bits per heavy atom. The standard InChI is InChI=1S/C13H20O/c1-7(2)5-12(3)6-13(12,4)10-8-9(10)11(8)14/h5,8-11,14H,6H2,1-4H3. The van der Waals surface area contributed by atoms with Gasteiger partial charge < -0.3 is 5.11 Å². The Hall–Kier alpha value is -0.300. The molecule has 3 aliphatic carbocycles. The number of aliphatic hydroxyl groups excluding tert-OH is 1. The summed E-state index contributed by atoms with van der Waals surface area (Å²) in [6.07, 6.45) is 3.85. The van der Waals surface area contributed by atoms with Gasteiger partial charge in [-0.2, -0.15) is 0 Å². The molecule has 3 saturated carbocycles. The van der Waals surface area contributed by atoms with E-state index in [1.807, 2.05) is 0 Å². The SMILES string of the molecule is CC(C)=CC1(C)CC1(C)C1C2C(O)C21. The molecule has 14 heavy (non-hydrogen) atoms. The van der Waals surface area contributed by atoms with E-state index in [4.69, 9.17) is 0 Å². The van der Waals surface area contributed by atoms with Crippen LogP contribution in [0.2, 0.25) is 0 Å². The summed E-state index contributed by atoms with van der Waals surface area (Å²) in [6, 6.07) is 0. The second-order valence-corrected chi connectivity index (χ2v) is 6.40. The van der Waals surface area contributed by atoms with E-state index in [-0.39, 0.29) is 6.10 Å². The molecule has 1 N–H and O–H groups in total. The van der Waals surface area contributed by atoms with E-state index in [1.165, 1.54) is 12.0 Å². The van der Waals surface area contributed by atoms with Crippen molar-refractivity contribution in [3.05, 3.63) is 11.6 Å². The van der Waals surface area contributed by atoms with E-state index in [9.17, 15) is 5.11 Å². The highest BCUT2D eigenvalue weighted by Gasteiger charge is 2.83. The average Bonchev–Trinajstić information content (AvgIpc) is 2.88. The molecule has 0 spiro atoms. The fourth-order valence-corrected chi connectivity index (χ4v) is 3.90. The first kappa shape index (κ1) is 8.96. The van der Waals surface area contributed by atoms with E-state index in [0.29, 0.717) is 22.7 Å². The fourth-order valence-electron chi connectivity index (χ4n) is 3.90. The number of fused-ring (bicyclic) bond motifs is 1. The number of aliphatic hydroxyl groups is 1. The van der Waals surface area contributed by atoms with Gasteiger partial charge in [0.2, 0.25) is 0 Å². The van der Waals surface area contributed by atoms with Gasteiger partial charge in [-0.3, -0.25) is 0 Å². The van der Waals surface area contributed by atoms with Crippen molar-refractivity contribution in [1.29, 1.82) is 0 Å². The summed E-state index contributed by atoms with van der Waals surface area (Å²) < 4.78 is 0. The van der Waals surface area contributed by atoms with Crippen LogP contribution in [0.4, 0.5) is 0 Å². The van der Waals surface area contributed by atoms with Crippen LogP contribution in [0, 0.1) is 28.6 Å². The van der Waals surface area contributed by atoms with Crippen LogP contribution in [-0.2, 0) is 0 Å². The highest BCUT2D eigenvalue weighted by molar-refractivity contribution is 5.35. The van der Waals surface area contributed by atoms with Gasteiger partial charge in [0.15, 0.2) is 0 Å². The zero-order valence-corrected chi connectivity index (χ0v) is 9.54. The highest BCUT2D eigenvalue weighted by atomic mass is 16.3. The van der Waals surface area contributed by atoms with Gasteiger partial charge >= 0.3 is 0 Å². The lowest BCUT2D eigenvalue weighted by Gasteiger charge is -2.20. The minimum absolute atomic E-state index is 0.0772. The zero-order valence-electron chi connectivity index (χ0n) is 9.54. The predicted molar refractivity (Wildman–Crippen MR) is 56.7 cm³/mol. The molecule has 0 heterocycles. The van der Waals surface area contributed by atoms with E-state index in [1.54, 1.807) is 0 Å². The lowest BCUT2D eigenvalue weighted by molar-refractivity contribution is 0.155. The fraction of sp³-hybridized carbons (Fsp3) is 0.846. The van der Waals surface area contributed by atoms with E-state index in [2.05, 4.69) is 33.8 Å². The van der Waals surface area contributed by atoms with Crippen molar-refractivity contribution in [2.75, 3.05) is 0 Å². The maximum atomic E-state index is 9.38. The summed E-state index contributed by atoms with van der Waals surface area (Å²) in [4.78, 5) is 0. The van der Waals surface area contributed by atoms with Crippen LogP contribution >= 0.6 is 0 Å². The minimum Gasteiger partial charge on any atom is -0.393 e. The van der Waals surface area contributed by atoms with Gasteiger partial charge in [0.05, 0.1) is 6.10 Å². The normalized spacial score (nSPS) is 62.9. The molecule has 0 aromatic heterocycles. The molecule has 0 aromatic carbocycles. The Labute approximate surface area is 86.2 Å². The number of hydrogen-bond acceptors (Lipinski definition) is 1. The van der Waals surface area contributed by atoms with Crippen LogP contribution in [-0.4, -0.2) is 11.2 Å². The van der Waals surface area contributed by atoms with Gasteiger partial charge in [0.25, 0.3) is 0 Å². The molecule has 3 fully saturated rings. The second kappa shape index (κ2) is 2.11. The Morgan fingerprint density at radius 2 is 1.86 bits per heavy atom. The quantitative estimate of drug-likeness (QED) is 0.667. The molecular formula is C13H20O. The Kier molecular flexibility index (Phi) is 1.35. The van der Waals surface area contributed by atoms with Crippen LogP contribution < -0.4 is 0 Å². The van der Waals surface area contributed by atoms with Crippen molar-refractivity contribution in [1.82, 2.24) is 0 Å². The summed E-state index contributed by atoms with van der Waals surface area (Å²) in [5.41, 5.74) is 2.38. The molecule has 0 aliphatic heterocycles. The maximum Gasteiger partial charge on any atom is 0.0609 e. The smallest absolute Gasteiger partial charge is 0.0609 e. The van der Waals surface area contributed by atoms with Gasteiger partial charge in [-0.1, -0.05) is 25.5 Å². The number of allylic oxidation sites excluding steroid dienone is 2. The minimum atomic E-state index is 0.0772. The third-order valence-corrected chi connectivity index (χ3v) is 5.04. The number of rotatable bonds is 2. The molecule has 3 rings (SSSR count). The van der Waals surface area contributed by atoms with Crippen LogP contribution in [0.1, 0.15) is 34.1 Å². The molecule has 4 atom stereocenters. The Morgan fingerprint density at radius 3 is 2.29 bits per heavy atom. The van der Waals surface area contributed by atoms with Crippen molar-refractivity contribution in [2.24, 2.45) is 28.6 Å². The molecule has 4 unspecified atom stereocenters. The molecule has 1 nitrogen and oxygen atoms in total. The average molecular weight is 192 g/mol. The van der Waals surface area contributed by atoms with Gasteiger partial charge in [-0.15, -0.1) is 0 Å². The second-order valence-electron chi connectivity index (χ2n) is 6.40. The van der Waals surface area contributed by atoms with Crippen LogP contribution in [0.15, 0.2) is 11.6 Å². The van der Waals surface area contributed by atoms with Gasteiger partial charge in [0.1, 0.15) is 0 Å². The lowest BCUT2D eigenvalue weighted by Crippen LogP contribution is -2.18. The summed E-state index contributed by atoms with van der Waals surface area (Å²) in [7, 11) is 0.